The van der Waals surface area contributed by atoms with Crippen molar-refractivity contribution in [2.75, 3.05) is 38.0 Å². The highest BCUT2D eigenvalue weighted by Crippen LogP contribution is 2.29. The van der Waals surface area contributed by atoms with E-state index in [2.05, 4.69) is 27.7 Å². The number of nitrogens with zero attached hydrogens (tertiary/aromatic N) is 2. The number of benzene rings is 1. The van der Waals surface area contributed by atoms with Crippen molar-refractivity contribution in [3.8, 4) is 0 Å². The number of hydrogen-bond donors (Lipinski definition) is 2. The van der Waals surface area contributed by atoms with Gasteiger partial charge in [-0.05, 0) is 68.8 Å². The largest absolute Gasteiger partial charge is 0.374 e. The highest BCUT2D eigenvalue weighted by atomic mass is 16.2. The highest BCUT2D eigenvalue weighted by Gasteiger charge is 2.27. The van der Waals surface area contributed by atoms with Gasteiger partial charge in [-0.15, -0.1) is 0 Å². The number of hydrogen-bond acceptors (Lipinski definition) is 5. The number of anilines is 1. The van der Waals surface area contributed by atoms with Gasteiger partial charge in [0, 0.05) is 25.2 Å². The second kappa shape index (κ2) is 8.95. The maximum Gasteiger partial charge on any atom is 0.249 e. The molecular weight excluding hydrogens is 368 g/mol. The van der Waals surface area contributed by atoms with Gasteiger partial charge in [-0.3, -0.25) is 24.6 Å². The van der Waals surface area contributed by atoms with Crippen molar-refractivity contribution in [2.45, 2.75) is 50.5 Å². The van der Waals surface area contributed by atoms with Crippen LogP contribution in [0, 0.1) is 0 Å². The van der Waals surface area contributed by atoms with Crippen LogP contribution in [0.2, 0.25) is 0 Å². The molecule has 0 bridgehead atoms. The molecule has 3 saturated heterocycles. The third-order valence-corrected chi connectivity index (χ3v) is 6.37. The van der Waals surface area contributed by atoms with Crippen molar-refractivity contribution in [1.29, 1.82) is 0 Å². The zero-order chi connectivity index (χ0) is 20.2. The molecule has 1 aromatic rings. The van der Waals surface area contributed by atoms with Gasteiger partial charge < -0.3 is 10.2 Å². The first-order chi connectivity index (χ1) is 14.1. The molecular formula is C22H30N4O3. The molecule has 1 aromatic carbocycles. The van der Waals surface area contributed by atoms with Crippen molar-refractivity contribution in [3.05, 3.63) is 29.8 Å². The number of carbonyl (C=O) groups is 3. The van der Waals surface area contributed by atoms with Crippen LogP contribution in [0.3, 0.4) is 0 Å². The summed E-state index contributed by atoms with van der Waals surface area (Å²) in [5.74, 6) is 0.348. The normalized spacial score (nSPS) is 23.9. The summed E-state index contributed by atoms with van der Waals surface area (Å²) in [5, 5.41) is 5.60. The predicted molar refractivity (Wildman–Crippen MR) is 110 cm³/mol. The van der Waals surface area contributed by atoms with E-state index in [9.17, 15) is 14.4 Å². The Morgan fingerprint density at radius 2 is 1.69 bits per heavy atom. The van der Waals surface area contributed by atoms with Crippen LogP contribution in [0.25, 0.3) is 0 Å². The van der Waals surface area contributed by atoms with Crippen LogP contribution < -0.4 is 10.6 Å². The van der Waals surface area contributed by atoms with E-state index < -0.39 is 0 Å². The lowest BCUT2D eigenvalue weighted by atomic mass is 9.89. The number of amides is 3. The molecule has 29 heavy (non-hydrogen) atoms. The van der Waals surface area contributed by atoms with Crippen molar-refractivity contribution in [3.63, 3.8) is 0 Å². The van der Waals surface area contributed by atoms with E-state index in [1.54, 1.807) is 0 Å². The quantitative estimate of drug-likeness (QED) is 0.738. The molecule has 3 amide bonds. The minimum Gasteiger partial charge on any atom is -0.374 e. The first-order valence-electron chi connectivity index (χ1n) is 10.8. The smallest absolute Gasteiger partial charge is 0.249 e. The monoisotopic (exact) mass is 398 g/mol. The summed E-state index contributed by atoms with van der Waals surface area (Å²) in [4.78, 5) is 39.8. The lowest BCUT2D eigenvalue weighted by Gasteiger charge is -2.32. The van der Waals surface area contributed by atoms with Crippen LogP contribution in [0.15, 0.2) is 24.3 Å². The fourth-order valence-electron chi connectivity index (χ4n) is 4.57. The molecule has 0 saturated carbocycles. The van der Waals surface area contributed by atoms with Gasteiger partial charge in [0.05, 0.1) is 6.54 Å². The van der Waals surface area contributed by atoms with Gasteiger partial charge in [0.2, 0.25) is 17.7 Å². The molecule has 156 valence electrons. The average Bonchev–Trinajstić information content (AvgIpc) is 3.26. The Hall–Kier alpha value is -2.41. The maximum absolute atomic E-state index is 12.3. The van der Waals surface area contributed by atoms with E-state index in [1.807, 2.05) is 17.0 Å². The molecule has 3 fully saturated rings. The van der Waals surface area contributed by atoms with Crippen molar-refractivity contribution >= 4 is 23.4 Å². The Morgan fingerprint density at radius 1 is 1.00 bits per heavy atom. The third kappa shape index (κ3) is 4.96. The third-order valence-electron chi connectivity index (χ3n) is 6.37. The lowest BCUT2D eigenvalue weighted by Crippen LogP contribution is -2.47. The molecule has 4 rings (SSSR count). The fraction of sp³-hybridized carbons (Fsp3) is 0.591. The van der Waals surface area contributed by atoms with E-state index in [-0.39, 0.29) is 23.8 Å². The minimum absolute atomic E-state index is 0.197. The average molecular weight is 399 g/mol. The summed E-state index contributed by atoms with van der Waals surface area (Å²) in [7, 11) is 0. The molecule has 0 unspecified atom stereocenters. The van der Waals surface area contributed by atoms with Crippen molar-refractivity contribution in [2.24, 2.45) is 0 Å². The van der Waals surface area contributed by atoms with Gasteiger partial charge in [-0.2, -0.15) is 0 Å². The van der Waals surface area contributed by atoms with Crippen LogP contribution in [-0.4, -0.2) is 66.3 Å². The Balaban J connectivity index is 1.25. The number of nitrogens with one attached hydrogen (secondary N) is 2. The highest BCUT2D eigenvalue weighted by molar-refractivity contribution is 6.01. The minimum atomic E-state index is -0.352. The van der Waals surface area contributed by atoms with Crippen LogP contribution in [-0.2, 0) is 14.4 Å². The predicted octanol–water partition coefficient (Wildman–Crippen LogP) is 1.71. The zero-order valence-electron chi connectivity index (χ0n) is 16.9. The van der Waals surface area contributed by atoms with Gasteiger partial charge >= 0.3 is 0 Å². The summed E-state index contributed by atoms with van der Waals surface area (Å²) in [5.41, 5.74) is 2.21. The summed E-state index contributed by atoms with van der Waals surface area (Å²) in [6.45, 7) is 4.32. The number of likely N-dealkylation sites (tertiary alicyclic amines) is 2. The molecule has 0 radical (unpaired) electrons. The van der Waals surface area contributed by atoms with Crippen LogP contribution in [0.4, 0.5) is 5.69 Å². The summed E-state index contributed by atoms with van der Waals surface area (Å²) in [6.07, 6.45) is 5.31. The molecule has 3 heterocycles. The lowest BCUT2D eigenvalue weighted by molar-refractivity contribution is -0.134. The molecule has 0 aliphatic carbocycles. The van der Waals surface area contributed by atoms with E-state index in [1.165, 1.54) is 5.56 Å². The second-order valence-corrected chi connectivity index (χ2v) is 8.41. The zero-order valence-corrected chi connectivity index (χ0v) is 16.9. The van der Waals surface area contributed by atoms with Crippen molar-refractivity contribution < 1.29 is 14.4 Å². The van der Waals surface area contributed by atoms with E-state index in [0.29, 0.717) is 25.3 Å². The van der Waals surface area contributed by atoms with Crippen LogP contribution in [0.5, 0.6) is 0 Å². The summed E-state index contributed by atoms with van der Waals surface area (Å²) < 4.78 is 0. The van der Waals surface area contributed by atoms with E-state index >= 15 is 0 Å². The topological polar surface area (TPSA) is 81.8 Å². The summed E-state index contributed by atoms with van der Waals surface area (Å²) >= 11 is 0. The molecule has 0 spiro atoms. The summed E-state index contributed by atoms with van der Waals surface area (Å²) in [6, 6.07) is 7.94. The Labute approximate surface area is 171 Å². The molecule has 1 atom stereocenters. The first-order valence-corrected chi connectivity index (χ1v) is 10.8. The number of imide groups is 1. The Bertz CT molecular complexity index is 750. The van der Waals surface area contributed by atoms with Gasteiger partial charge in [-0.25, -0.2) is 0 Å². The van der Waals surface area contributed by atoms with E-state index in [4.69, 9.17) is 0 Å². The number of carbonyl (C=O) groups excluding carboxylic acids is 3. The van der Waals surface area contributed by atoms with Gasteiger partial charge in [0.25, 0.3) is 0 Å². The fourth-order valence-corrected chi connectivity index (χ4v) is 4.57. The van der Waals surface area contributed by atoms with Crippen LogP contribution in [0.1, 0.15) is 50.0 Å². The van der Waals surface area contributed by atoms with Gasteiger partial charge in [0.1, 0.15) is 6.04 Å². The van der Waals surface area contributed by atoms with Crippen LogP contribution >= 0.6 is 0 Å². The number of piperidine rings is 2. The second-order valence-electron chi connectivity index (χ2n) is 8.41. The number of rotatable bonds is 5. The van der Waals surface area contributed by atoms with E-state index in [0.717, 1.165) is 57.5 Å². The molecule has 3 aliphatic heterocycles. The molecule has 3 aliphatic rings. The standard InChI is InChI=1S/C22H30N4O3/c27-20-8-7-19(22(29)24-20)23-18-5-3-16(4-6-18)17-9-13-25(14-10-17)15-21(28)26-11-1-2-12-26/h3-6,17,19,23H,1-2,7-15H2,(H,24,27,29)/t19-/m0/s1. The molecule has 7 nitrogen and oxygen atoms in total. The first kappa shape index (κ1) is 19.9. The molecule has 2 N–H and O–H groups in total. The SMILES string of the molecule is O=C1CC[C@H](Nc2ccc(C3CCN(CC(=O)N4CCCC4)CC3)cc2)C(=O)N1. The van der Waals surface area contributed by atoms with Gasteiger partial charge in [0.15, 0.2) is 0 Å². The Kier molecular flexibility index (Phi) is 6.13. The maximum atomic E-state index is 12.3. The van der Waals surface area contributed by atoms with Crippen molar-refractivity contribution in [1.82, 2.24) is 15.1 Å². The Morgan fingerprint density at radius 3 is 2.34 bits per heavy atom. The van der Waals surface area contributed by atoms with Gasteiger partial charge in [-0.1, -0.05) is 12.1 Å². The molecule has 0 aromatic heterocycles. The molecule has 7 heteroatoms.